The summed E-state index contributed by atoms with van der Waals surface area (Å²) < 4.78 is 5.57. The lowest BCUT2D eigenvalue weighted by Gasteiger charge is -2.25. The molecule has 4 rings (SSSR count). The summed E-state index contributed by atoms with van der Waals surface area (Å²) in [5.74, 6) is -0.562. The number of aliphatic hydroxyl groups excluding tert-OH is 1. The highest BCUT2D eigenvalue weighted by molar-refractivity contribution is 5.98. The fraction of sp³-hybridized carbons (Fsp3) is 0.200. The summed E-state index contributed by atoms with van der Waals surface area (Å²) in [7, 11) is 0. The molecular weight excluding hydrogens is 394 g/mol. The first-order valence-corrected chi connectivity index (χ1v) is 10.1. The maximum Gasteiger partial charge on any atom is 0.339 e. The van der Waals surface area contributed by atoms with Gasteiger partial charge in [0.2, 0.25) is 0 Å². The van der Waals surface area contributed by atoms with E-state index in [2.05, 4.69) is 5.32 Å². The van der Waals surface area contributed by atoms with Crippen LogP contribution in [-0.2, 0) is 17.6 Å². The molecule has 3 aromatic carbocycles. The minimum Gasteiger partial charge on any atom is -0.508 e. The van der Waals surface area contributed by atoms with Crippen LogP contribution in [0.1, 0.15) is 43.5 Å². The van der Waals surface area contributed by atoms with Crippen molar-refractivity contribution in [3.05, 3.63) is 101 Å². The third-order valence-electron chi connectivity index (χ3n) is 5.39. The molecule has 1 aliphatic rings. The summed E-state index contributed by atoms with van der Waals surface area (Å²) in [5.41, 5.74) is 3.44. The Kier molecular flexibility index (Phi) is 6.00. The molecule has 6 nitrogen and oxygen atoms in total. The van der Waals surface area contributed by atoms with Crippen LogP contribution >= 0.6 is 0 Å². The number of hydrogen-bond acceptors (Lipinski definition) is 5. The van der Waals surface area contributed by atoms with Gasteiger partial charge in [0, 0.05) is 12.0 Å². The second-order valence-electron chi connectivity index (χ2n) is 7.60. The number of aromatic hydroxyl groups is 1. The number of phenolic OH excluding ortho intramolecular Hbond substituents is 1. The van der Waals surface area contributed by atoms with E-state index in [1.54, 1.807) is 42.5 Å². The maximum atomic E-state index is 12.8. The van der Waals surface area contributed by atoms with Gasteiger partial charge in [-0.05, 0) is 53.4 Å². The van der Waals surface area contributed by atoms with Gasteiger partial charge in [0.05, 0.1) is 18.2 Å². The Morgan fingerprint density at radius 1 is 1.06 bits per heavy atom. The van der Waals surface area contributed by atoms with Crippen LogP contribution in [0.15, 0.2) is 72.8 Å². The number of benzene rings is 3. The van der Waals surface area contributed by atoms with E-state index >= 15 is 0 Å². The average molecular weight is 417 g/mol. The molecule has 0 fully saturated rings. The normalized spacial score (nSPS) is 16.2. The van der Waals surface area contributed by atoms with Crippen LogP contribution in [0.25, 0.3) is 0 Å². The molecule has 0 spiro atoms. The van der Waals surface area contributed by atoms with Gasteiger partial charge in [0.1, 0.15) is 11.9 Å². The summed E-state index contributed by atoms with van der Waals surface area (Å²) in [6.07, 6.45) is 0.526. The fourth-order valence-electron chi connectivity index (χ4n) is 3.74. The van der Waals surface area contributed by atoms with Crippen LogP contribution in [0.4, 0.5) is 0 Å². The largest absolute Gasteiger partial charge is 0.508 e. The summed E-state index contributed by atoms with van der Waals surface area (Å²) in [6, 6.07) is 20.6. The molecular formula is C25H23NO5. The third kappa shape index (κ3) is 4.75. The van der Waals surface area contributed by atoms with Gasteiger partial charge in [0.15, 0.2) is 0 Å². The molecule has 1 heterocycles. The zero-order valence-electron chi connectivity index (χ0n) is 16.8. The standard InChI is InChI=1S/C25H23NO5/c27-15-20(12-16-6-9-21(28)10-7-16)26-24(29)18-8-11-22-19(13-18)14-23(31-25(22)30)17-4-2-1-3-5-17/h1-11,13,20,23,27-28H,12,14-15H2,(H,26,29)/t20-,23-/m0/s1. The number of amides is 1. The lowest BCUT2D eigenvalue weighted by Crippen LogP contribution is -2.39. The van der Waals surface area contributed by atoms with E-state index in [-0.39, 0.29) is 24.4 Å². The molecule has 1 aliphatic heterocycles. The van der Waals surface area contributed by atoms with Crippen molar-refractivity contribution in [1.82, 2.24) is 5.32 Å². The Balaban J connectivity index is 1.49. The van der Waals surface area contributed by atoms with Crippen LogP contribution in [0.2, 0.25) is 0 Å². The highest BCUT2D eigenvalue weighted by Crippen LogP contribution is 2.31. The first-order chi connectivity index (χ1) is 15.0. The summed E-state index contributed by atoms with van der Waals surface area (Å²) in [4.78, 5) is 25.2. The number of esters is 1. The minimum absolute atomic E-state index is 0.162. The number of hydrogen-bond donors (Lipinski definition) is 3. The van der Waals surface area contributed by atoms with Crippen molar-refractivity contribution in [2.45, 2.75) is 25.0 Å². The molecule has 1 amide bonds. The van der Waals surface area contributed by atoms with Gasteiger partial charge in [-0.15, -0.1) is 0 Å². The molecule has 0 radical (unpaired) electrons. The molecule has 0 unspecified atom stereocenters. The van der Waals surface area contributed by atoms with Crippen molar-refractivity contribution in [1.29, 1.82) is 0 Å². The second-order valence-corrected chi connectivity index (χ2v) is 7.60. The molecule has 0 saturated heterocycles. The predicted octanol–water partition coefficient (Wildman–Crippen LogP) is 3.18. The van der Waals surface area contributed by atoms with Crippen LogP contribution in [0, 0.1) is 0 Å². The molecule has 158 valence electrons. The van der Waals surface area contributed by atoms with E-state index in [1.807, 2.05) is 30.3 Å². The van der Waals surface area contributed by atoms with E-state index in [1.165, 1.54) is 0 Å². The number of aliphatic hydroxyl groups is 1. The Labute approximate surface area is 180 Å². The molecule has 0 aromatic heterocycles. The second kappa shape index (κ2) is 9.02. The van der Waals surface area contributed by atoms with Crippen LogP contribution in [0.3, 0.4) is 0 Å². The zero-order valence-corrected chi connectivity index (χ0v) is 16.8. The lowest BCUT2D eigenvalue weighted by molar-refractivity contribution is 0.0252. The summed E-state index contributed by atoms with van der Waals surface area (Å²) >= 11 is 0. The van der Waals surface area contributed by atoms with E-state index in [9.17, 15) is 19.8 Å². The van der Waals surface area contributed by atoms with Crippen molar-refractivity contribution >= 4 is 11.9 Å². The first-order valence-electron chi connectivity index (χ1n) is 10.1. The summed E-state index contributed by atoms with van der Waals surface area (Å²) in [5, 5.41) is 21.9. The van der Waals surface area contributed by atoms with Crippen molar-refractivity contribution < 1.29 is 24.5 Å². The van der Waals surface area contributed by atoms with Gasteiger partial charge in [0.25, 0.3) is 5.91 Å². The Morgan fingerprint density at radius 3 is 2.52 bits per heavy atom. The summed E-state index contributed by atoms with van der Waals surface area (Å²) in [6.45, 7) is -0.222. The van der Waals surface area contributed by atoms with Gasteiger partial charge >= 0.3 is 5.97 Å². The SMILES string of the molecule is O=C(N[C@H](CO)Cc1ccc(O)cc1)c1ccc2c(c1)C[C@@H](c1ccccc1)OC2=O. The van der Waals surface area contributed by atoms with Crippen molar-refractivity contribution in [3.8, 4) is 5.75 Å². The maximum absolute atomic E-state index is 12.8. The van der Waals surface area contributed by atoms with E-state index in [0.717, 1.165) is 16.7 Å². The number of ether oxygens (including phenoxy) is 1. The number of cyclic esters (lactones) is 1. The van der Waals surface area contributed by atoms with Gasteiger partial charge in [-0.3, -0.25) is 4.79 Å². The van der Waals surface area contributed by atoms with Gasteiger partial charge in [-0.25, -0.2) is 4.79 Å². The smallest absolute Gasteiger partial charge is 0.339 e. The highest BCUT2D eigenvalue weighted by atomic mass is 16.5. The number of carbonyl (C=O) groups is 2. The van der Waals surface area contributed by atoms with E-state index in [0.29, 0.717) is 24.0 Å². The van der Waals surface area contributed by atoms with Gasteiger partial charge in [-0.2, -0.15) is 0 Å². The van der Waals surface area contributed by atoms with Crippen LogP contribution < -0.4 is 5.32 Å². The number of rotatable bonds is 6. The number of phenols is 1. The Morgan fingerprint density at radius 2 is 1.81 bits per heavy atom. The first kappa shape index (κ1) is 20.6. The molecule has 6 heteroatoms. The lowest BCUT2D eigenvalue weighted by atomic mass is 9.93. The van der Waals surface area contributed by atoms with E-state index in [4.69, 9.17) is 4.74 Å². The Bertz CT molecular complexity index is 1080. The minimum atomic E-state index is -0.477. The van der Waals surface area contributed by atoms with Crippen LogP contribution in [-0.4, -0.2) is 34.7 Å². The van der Waals surface area contributed by atoms with Gasteiger partial charge in [-0.1, -0.05) is 42.5 Å². The number of nitrogens with one attached hydrogen (secondary N) is 1. The van der Waals surface area contributed by atoms with Crippen molar-refractivity contribution in [3.63, 3.8) is 0 Å². The molecule has 3 N–H and O–H groups in total. The number of fused-ring (bicyclic) bond motifs is 1. The Hall–Kier alpha value is -3.64. The van der Waals surface area contributed by atoms with Gasteiger partial charge < -0.3 is 20.3 Å². The number of carbonyl (C=O) groups excluding carboxylic acids is 2. The molecule has 2 atom stereocenters. The topological polar surface area (TPSA) is 95.9 Å². The van der Waals surface area contributed by atoms with Crippen molar-refractivity contribution in [2.75, 3.05) is 6.61 Å². The van der Waals surface area contributed by atoms with E-state index < -0.39 is 12.0 Å². The average Bonchev–Trinajstić information content (AvgIpc) is 2.80. The quantitative estimate of drug-likeness (QED) is 0.536. The molecule has 0 aliphatic carbocycles. The fourth-order valence-corrected chi connectivity index (χ4v) is 3.74. The zero-order chi connectivity index (χ0) is 21.8. The monoisotopic (exact) mass is 417 g/mol. The predicted molar refractivity (Wildman–Crippen MR) is 115 cm³/mol. The molecule has 3 aromatic rings. The molecule has 31 heavy (non-hydrogen) atoms. The van der Waals surface area contributed by atoms with Crippen molar-refractivity contribution in [2.24, 2.45) is 0 Å². The highest BCUT2D eigenvalue weighted by Gasteiger charge is 2.28. The molecule has 0 saturated carbocycles. The molecule has 0 bridgehead atoms. The van der Waals surface area contributed by atoms with Crippen LogP contribution in [0.5, 0.6) is 5.75 Å². The third-order valence-corrected chi connectivity index (χ3v) is 5.39.